The summed E-state index contributed by atoms with van der Waals surface area (Å²) in [5.41, 5.74) is 0.831. The molecule has 7 nitrogen and oxygen atoms in total. The smallest absolute Gasteiger partial charge is 0.264 e. The number of hydrogen-bond acceptors (Lipinski definition) is 4. The fourth-order valence-corrected chi connectivity index (χ4v) is 6.56. The third kappa shape index (κ3) is 7.20. The summed E-state index contributed by atoms with van der Waals surface area (Å²) in [6.07, 6.45) is 4.14. The van der Waals surface area contributed by atoms with Crippen LogP contribution in [0.15, 0.2) is 83.8 Å². The molecule has 3 aromatic carbocycles. The number of benzene rings is 3. The molecule has 1 aliphatic carbocycles. The van der Waals surface area contributed by atoms with Crippen molar-refractivity contribution in [3.05, 3.63) is 95.3 Å². The van der Waals surface area contributed by atoms with Gasteiger partial charge in [0.1, 0.15) is 18.4 Å². The summed E-state index contributed by atoms with van der Waals surface area (Å²) in [5.74, 6) is -1.28. The van der Waals surface area contributed by atoms with Crippen molar-refractivity contribution < 1.29 is 22.4 Å². The van der Waals surface area contributed by atoms with E-state index >= 15 is 0 Å². The maximum atomic E-state index is 14.0. The lowest BCUT2D eigenvalue weighted by Crippen LogP contribution is -2.53. The van der Waals surface area contributed by atoms with Crippen LogP contribution in [0.3, 0.4) is 0 Å². The zero-order valence-corrected chi connectivity index (χ0v) is 23.9. The zero-order chi connectivity index (χ0) is 28.7. The van der Waals surface area contributed by atoms with Crippen LogP contribution in [0.2, 0.25) is 5.02 Å². The predicted octanol–water partition coefficient (Wildman–Crippen LogP) is 5.54. The van der Waals surface area contributed by atoms with E-state index in [9.17, 15) is 22.4 Å². The number of amides is 2. The summed E-state index contributed by atoms with van der Waals surface area (Å²) < 4.78 is 42.2. The van der Waals surface area contributed by atoms with E-state index < -0.39 is 34.3 Å². The van der Waals surface area contributed by atoms with Crippen molar-refractivity contribution in [1.29, 1.82) is 0 Å². The number of carbonyl (C=O) groups excluding carboxylic acids is 2. The summed E-state index contributed by atoms with van der Waals surface area (Å²) in [6.45, 7) is 1.25. The SMILES string of the molecule is CCC(C(=O)NC1CCCC1)N(Cc1ccc(F)cc1)C(=O)CN(c1cccc(Cl)c1)S(=O)(=O)c1ccccc1. The molecule has 1 saturated carbocycles. The molecule has 1 atom stereocenters. The fourth-order valence-electron chi connectivity index (χ4n) is 4.95. The average Bonchev–Trinajstić information content (AvgIpc) is 3.46. The fraction of sp³-hybridized carbons (Fsp3) is 0.333. The number of rotatable bonds is 11. The Balaban J connectivity index is 1.70. The number of anilines is 1. The van der Waals surface area contributed by atoms with Crippen LogP contribution in [-0.4, -0.2) is 43.8 Å². The molecule has 0 aromatic heterocycles. The number of nitrogens with one attached hydrogen (secondary N) is 1. The quantitative estimate of drug-likeness (QED) is 0.320. The predicted molar refractivity (Wildman–Crippen MR) is 154 cm³/mol. The van der Waals surface area contributed by atoms with Gasteiger partial charge in [-0.3, -0.25) is 13.9 Å². The van der Waals surface area contributed by atoms with Crippen LogP contribution in [-0.2, 0) is 26.2 Å². The van der Waals surface area contributed by atoms with Crippen LogP contribution in [0, 0.1) is 5.82 Å². The molecule has 1 aliphatic rings. The number of hydrogen-bond donors (Lipinski definition) is 1. The van der Waals surface area contributed by atoms with Crippen LogP contribution >= 0.6 is 11.6 Å². The van der Waals surface area contributed by atoms with E-state index in [1.54, 1.807) is 55.5 Å². The molecular weight excluding hydrogens is 553 g/mol. The first kappa shape index (κ1) is 29.6. The largest absolute Gasteiger partial charge is 0.352 e. The van der Waals surface area contributed by atoms with Crippen LogP contribution in [0.1, 0.15) is 44.6 Å². The van der Waals surface area contributed by atoms with E-state index in [2.05, 4.69) is 5.32 Å². The van der Waals surface area contributed by atoms with Crippen LogP contribution < -0.4 is 9.62 Å². The van der Waals surface area contributed by atoms with E-state index in [-0.39, 0.29) is 29.1 Å². The topological polar surface area (TPSA) is 86.8 Å². The highest BCUT2D eigenvalue weighted by Crippen LogP contribution is 2.27. The number of sulfonamides is 1. The Morgan fingerprint density at radius 2 is 1.68 bits per heavy atom. The zero-order valence-electron chi connectivity index (χ0n) is 22.3. The molecule has 0 heterocycles. The van der Waals surface area contributed by atoms with Gasteiger partial charge in [0.2, 0.25) is 11.8 Å². The first-order chi connectivity index (χ1) is 19.2. The van der Waals surface area contributed by atoms with Crippen molar-refractivity contribution in [2.45, 2.75) is 62.6 Å². The van der Waals surface area contributed by atoms with E-state index in [1.165, 1.54) is 35.2 Å². The maximum Gasteiger partial charge on any atom is 0.264 e. The summed E-state index contributed by atoms with van der Waals surface area (Å²) in [5, 5.41) is 3.38. The molecule has 10 heteroatoms. The summed E-state index contributed by atoms with van der Waals surface area (Å²) in [7, 11) is -4.17. The molecule has 0 spiro atoms. The lowest BCUT2D eigenvalue weighted by Gasteiger charge is -2.33. The monoisotopic (exact) mass is 585 g/mol. The first-order valence-electron chi connectivity index (χ1n) is 13.4. The molecule has 0 bridgehead atoms. The van der Waals surface area contributed by atoms with E-state index in [0.717, 1.165) is 30.0 Å². The molecule has 40 heavy (non-hydrogen) atoms. The molecule has 1 N–H and O–H groups in total. The van der Waals surface area contributed by atoms with Gasteiger partial charge < -0.3 is 10.2 Å². The standard InChI is InChI=1S/C30H33ClFN3O4S/c1-2-28(30(37)33-25-10-6-7-11-25)34(20-22-15-17-24(32)18-16-22)29(36)21-35(26-12-8-9-23(31)19-26)40(38,39)27-13-4-3-5-14-27/h3-5,8-9,12-19,25,28H,2,6-7,10-11,20-21H2,1H3,(H,33,37). The van der Waals surface area contributed by atoms with E-state index in [1.807, 2.05) is 0 Å². The van der Waals surface area contributed by atoms with Gasteiger partial charge in [-0.05, 0) is 67.3 Å². The lowest BCUT2D eigenvalue weighted by molar-refractivity contribution is -0.140. The van der Waals surface area contributed by atoms with Crippen molar-refractivity contribution in [3.63, 3.8) is 0 Å². The van der Waals surface area contributed by atoms with Gasteiger partial charge >= 0.3 is 0 Å². The second-order valence-corrected chi connectivity index (χ2v) is 12.2. The van der Waals surface area contributed by atoms with Crippen LogP contribution in [0.25, 0.3) is 0 Å². The molecule has 1 fully saturated rings. The highest BCUT2D eigenvalue weighted by molar-refractivity contribution is 7.92. The molecule has 212 valence electrons. The summed E-state index contributed by atoms with van der Waals surface area (Å²) in [6, 6.07) is 18.9. The van der Waals surface area contributed by atoms with Gasteiger partial charge in [0, 0.05) is 17.6 Å². The van der Waals surface area contributed by atoms with Gasteiger partial charge in [-0.25, -0.2) is 12.8 Å². The van der Waals surface area contributed by atoms with Gasteiger partial charge in [-0.15, -0.1) is 0 Å². The summed E-state index contributed by atoms with van der Waals surface area (Å²) >= 11 is 6.20. The Bertz CT molecular complexity index is 1410. The van der Waals surface area contributed by atoms with E-state index in [4.69, 9.17) is 11.6 Å². The van der Waals surface area contributed by atoms with Crippen LogP contribution in [0.5, 0.6) is 0 Å². The number of carbonyl (C=O) groups is 2. The lowest BCUT2D eigenvalue weighted by atomic mass is 10.1. The maximum absolute atomic E-state index is 14.0. The minimum atomic E-state index is -4.17. The molecule has 0 aliphatic heterocycles. The number of halogens is 2. The van der Waals surface area contributed by atoms with Gasteiger partial charge in [0.05, 0.1) is 10.6 Å². The molecule has 4 rings (SSSR count). The van der Waals surface area contributed by atoms with Crippen molar-refractivity contribution in [2.24, 2.45) is 0 Å². The normalized spacial score (nSPS) is 14.5. The third-order valence-corrected chi connectivity index (χ3v) is 9.08. The van der Waals surface area contributed by atoms with Crippen molar-refractivity contribution in [1.82, 2.24) is 10.2 Å². The number of nitrogens with zero attached hydrogens (tertiary/aromatic N) is 2. The Labute approximate surface area is 240 Å². The minimum Gasteiger partial charge on any atom is -0.352 e. The van der Waals surface area contributed by atoms with Gasteiger partial charge in [0.25, 0.3) is 10.0 Å². The molecule has 1 unspecified atom stereocenters. The molecule has 0 radical (unpaired) electrons. The van der Waals surface area contributed by atoms with Crippen molar-refractivity contribution in [2.75, 3.05) is 10.8 Å². The van der Waals surface area contributed by atoms with Crippen molar-refractivity contribution >= 4 is 39.1 Å². The van der Waals surface area contributed by atoms with Gasteiger partial charge in [-0.1, -0.05) is 67.8 Å². The molecular formula is C30H33ClFN3O4S. The summed E-state index contributed by atoms with van der Waals surface area (Å²) in [4.78, 5) is 28.9. The first-order valence-corrected chi connectivity index (χ1v) is 15.2. The van der Waals surface area contributed by atoms with Crippen LogP contribution in [0.4, 0.5) is 10.1 Å². The molecule has 2 amide bonds. The second kappa shape index (κ2) is 13.3. The Morgan fingerprint density at radius 3 is 2.30 bits per heavy atom. The highest BCUT2D eigenvalue weighted by atomic mass is 35.5. The highest BCUT2D eigenvalue weighted by Gasteiger charge is 2.34. The molecule has 3 aromatic rings. The Hall–Kier alpha value is -3.43. The van der Waals surface area contributed by atoms with Gasteiger partial charge in [-0.2, -0.15) is 0 Å². The van der Waals surface area contributed by atoms with Crippen molar-refractivity contribution in [3.8, 4) is 0 Å². The third-order valence-electron chi connectivity index (χ3n) is 7.06. The molecule has 0 saturated heterocycles. The van der Waals surface area contributed by atoms with Gasteiger partial charge in [0.15, 0.2) is 0 Å². The second-order valence-electron chi connectivity index (χ2n) is 9.87. The Kier molecular flexibility index (Phi) is 9.81. The average molecular weight is 586 g/mol. The Morgan fingerprint density at radius 1 is 1.00 bits per heavy atom. The van der Waals surface area contributed by atoms with E-state index in [0.29, 0.717) is 17.0 Å². The minimum absolute atomic E-state index is 0.00444.